The monoisotopic (exact) mass is 806 g/mol. The SMILES string of the molecule is c1ccc(-c2nc(-c3ccccc3)nc(-c3cccc4oc5cc(N(c6ccccc6)c6cccc7c6-c6ccccc6C7(c6ccccc6)c6ccccc6)ccc5c34)n2)cc1. The summed E-state index contributed by atoms with van der Waals surface area (Å²) in [6.07, 6.45) is 0. The van der Waals surface area contributed by atoms with E-state index >= 15 is 0 Å². The van der Waals surface area contributed by atoms with Crippen LogP contribution in [0.3, 0.4) is 0 Å². The summed E-state index contributed by atoms with van der Waals surface area (Å²) in [5, 5.41) is 1.94. The van der Waals surface area contributed by atoms with Gasteiger partial charge >= 0.3 is 0 Å². The number of hydrogen-bond acceptors (Lipinski definition) is 5. The Morgan fingerprint density at radius 1 is 0.381 bits per heavy atom. The number of anilines is 3. The smallest absolute Gasteiger partial charge is 0.164 e. The first-order valence-electron chi connectivity index (χ1n) is 21.3. The third-order valence-electron chi connectivity index (χ3n) is 12.4. The Bertz CT molecular complexity index is 3350. The van der Waals surface area contributed by atoms with E-state index in [4.69, 9.17) is 19.4 Å². The molecule has 0 atom stereocenters. The van der Waals surface area contributed by atoms with Gasteiger partial charge in [0.05, 0.1) is 11.1 Å². The van der Waals surface area contributed by atoms with Crippen LogP contribution in [0.2, 0.25) is 0 Å². The first-order valence-corrected chi connectivity index (χ1v) is 21.3. The molecule has 63 heavy (non-hydrogen) atoms. The molecule has 0 saturated carbocycles. The summed E-state index contributed by atoms with van der Waals surface area (Å²) in [7, 11) is 0. The molecule has 5 heteroatoms. The molecule has 0 spiro atoms. The lowest BCUT2D eigenvalue weighted by Gasteiger charge is -2.34. The van der Waals surface area contributed by atoms with Gasteiger partial charge in [0.2, 0.25) is 0 Å². The zero-order valence-electron chi connectivity index (χ0n) is 34.1. The maximum absolute atomic E-state index is 6.81. The number of nitrogens with zero attached hydrogens (tertiary/aromatic N) is 4. The highest BCUT2D eigenvalue weighted by Crippen LogP contribution is 2.59. The lowest BCUT2D eigenvalue weighted by Crippen LogP contribution is -2.28. The van der Waals surface area contributed by atoms with E-state index in [1.165, 1.54) is 33.4 Å². The molecule has 1 aliphatic rings. The Hall–Kier alpha value is -8.41. The van der Waals surface area contributed by atoms with Crippen LogP contribution < -0.4 is 4.90 Å². The van der Waals surface area contributed by atoms with E-state index in [0.29, 0.717) is 17.5 Å². The number of aromatic nitrogens is 3. The highest BCUT2D eigenvalue weighted by molar-refractivity contribution is 6.13. The molecule has 9 aromatic carbocycles. The van der Waals surface area contributed by atoms with Crippen LogP contribution >= 0.6 is 0 Å². The Morgan fingerprint density at radius 2 is 0.905 bits per heavy atom. The standard InChI is InChI=1S/C58H38N4O/c1-6-20-39(21-7-1)55-59-56(40-22-8-2-9-23-40)61-57(60-55)47-31-18-35-51-53(47)46-37-36-44(38-52(46)63-51)62(43-28-14-5-15-29-43)50-34-19-33-49-54(50)45-30-16-17-32-48(45)58(49,41-24-10-3-11-25-41)42-26-12-4-13-27-42/h1-38H. The van der Waals surface area contributed by atoms with Gasteiger partial charge in [0.1, 0.15) is 11.2 Å². The third-order valence-corrected chi connectivity index (χ3v) is 12.4. The number of furan rings is 1. The van der Waals surface area contributed by atoms with Gasteiger partial charge in [0, 0.05) is 50.5 Å². The van der Waals surface area contributed by atoms with Gasteiger partial charge in [-0.1, -0.05) is 188 Å². The van der Waals surface area contributed by atoms with Crippen molar-refractivity contribution in [2.75, 3.05) is 4.90 Å². The molecule has 2 aromatic heterocycles. The van der Waals surface area contributed by atoms with Crippen molar-refractivity contribution in [1.82, 2.24) is 15.0 Å². The minimum absolute atomic E-state index is 0.526. The van der Waals surface area contributed by atoms with Crippen molar-refractivity contribution in [2.24, 2.45) is 0 Å². The highest BCUT2D eigenvalue weighted by Gasteiger charge is 2.47. The number of hydrogen-bond donors (Lipinski definition) is 0. The topological polar surface area (TPSA) is 55.1 Å². The minimum Gasteiger partial charge on any atom is -0.456 e. The third kappa shape index (κ3) is 5.89. The van der Waals surface area contributed by atoms with Crippen molar-refractivity contribution in [3.8, 4) is 45.3 Å². The van der Waals surface area contributed by atoms with Crippen LogP contribution in [0.25, 0.3) is 67.2 Å². The van der Waals surface area contributed by atoms with Crippen LogP contribution in [0.4, 0.5) is 17.1 Å². The van der Waals surface area contributed by atoms with E-state index in [9.17, 15) is 0 Å². The predicted octanol–water partition coefficient (Wildman–Crippen LogP) is 14.6. The zero-order valence-corrected chi connectivity index (χ0v) is 34.1. The number of rotatable bonds is 8. The second kappa shape index (κ2) is 14.9. The molecule has 5 nitrogen and oxygen atoms in total. The fourth-order valence-corrected chi connectivity index (χ4v) is 9.73. The average Bonchev–Trinajstić information content (AvgIpc) is 3.89. The van der Waals surface area contributed by atoms with Gasteiger partial charge in [-0.25, -0.2) is 15.0 Å². The van der Waals surface area contributed by atoms with Crippen LogP contribution in [-0.4, -0.2) is 15.0 Å². The van der Waals surface area contributed by atoms with E-state index in [1.54, 1.807) is 0 Å². The molecule has 0 radical (unpaired) electrons. The molecule has 0 bridgehead atoms. The van der Waals surface area contributed by atoms with Gasteiger partial charge in [-0.2, -0.15) is 0 Å². The molecule has 0 fully saturated rings. The molecule has 11 aromatic rings. The Balaban J connectivity index is 1.06. The molecule has 2 heterocycles. The number of fused-ring (bicyclic) bond motifs is 6. The van der Waals surface area contributed by atoms with Gasteiger partial charge in [-0.15, -0.1) is 0 Å². The first-order chi connectivity index (χ1) is 31.3. The molecule has 1 aliphatic carbocycles. The normalized spacial score (nSPS) is 12.6. The van der Waals surface area contributed by atoms with Crippen molar-refractivity contribution in [3.63, 3.8) is 0 Å². The maximum Gasteiger partial charge on any atom is 0.164 e. The fourth-order valence-electron chi connectivity index (χ4n) is 9.73. The highest BCUT2D eigenvalue weighted by atomic mass is 16.3. The van der Waals surface area contributed by atoms with Gasteiger partial charge in [0.15, 0.2) is 17.5 Å². The Labute approximate surface area is 365 Å². The number of benzene rings is 9. The van der Waals surface area contributed by atoms with Crippen molar-refractivity contribution >= 4 is 39.0 Å². The maximum atomic E-state index is 6.81. The zero-order chi connectivity index (χ0) is 41.7. The molecule has 0 unspecified atom stereocenters. The molecular weight excluding hydrogens is 769 g/mol. The second-order valence-electron chi connectivity index (χ2n) is 15.9. The average molecular weight is 807 g/mol. The van der Waals surface area contributed by atoms with Crippen molar-refractivity contribution < 1.29 is 4.42 Å². The predicted molar refractivity (Wildman–Crippen MR) is 255 cm³/mol. The van der Waals surface area contributed by atoms with E-state index in [0.717, 1.165) is 55.7 Å². The molecular formula is C58H38N4O. The molecule has 0 amide bonds. The van der Waals surface area contributed by atoms with Crippen molar-refractivity contribution in [3.05, 3.63) is 253 Å². The lowest BCUT2D eigenvalue weighted by molar-refractivity contribution is 0.669. The fraction of sp³-hybridized carbons (Fsp3) is 0.0172. The van der Waals surface area contributed by atoms with Gasteiger partial charge in [0.25, 0.3) is 0 Å². The lowest BCUT2D eigenvalue weighted by atomic mass is 9.68. The summed E-state index contributed by atoms with van der Waals surface area (Å²) in [4.78, 5) is 17.5. The van der Waals surface area contributed by atoms with E-state index in [2.05, 4.69) is 163 Å². The van der Waals surface area contributed by atoms with Crippen molar-refractivity contribution in [1.29, 1.82) is 0 Å². The Kier molecular flexibility index (Phi) is 8.64. The summed E-state index contributed by atoms with van der Waals surface area (Å²) in [6.45, 7) is 0. The summed E-state index contributed by atoms with van der Waals surface area (Å²) in [5.74, 6) is 1.82. The summed E-state index contributed by atoms with van der Waals surface area (Å²) < 4.78 is 6.81. The first kappa shape index (κ1) is 36.4. The number of para-hydroxylation sites is 1. The van der Waals surface area contributed by atoms with Crippen LogP contribution in [0.5, 0.6) is 0 Å². The molecule has 0 N–H and O–H groups in total. The van der Waals surface area contributed by atoms with Gasteiger partial charge in [-0.3, -0.25) is 0 Å². The van der Waals surface area contributed by atoms with Gasteiger partial charge < -0.3 is 9.32 Å². The van der Waals surface area contributed by atoms with E-state index in [1.807, 2.05) is 72.8 Å². The van der Waals surface area contributed by atoms with Crippen LogP contribution in [0, 0.1) is 0 Å². The molecule has 12 rings (SSSR count). The van der Waals surface area contributed by atoms with Crippen LogP contribution in [0.15, 0.2) is 235 Å². The summed E-state index contributed by atoms with van der Waals surface area (Å²) in [5.41, 5.74) is 14.2. The quantitative estimate of drug-likeness (QED) is 0.153. The molecule has 296 valence electrons. The van der Waals surface area contributed by atoms with E-state index in [-0.39, 0.29) is 0 Å². The minimum atomic E-state index is -0.526. The largest absolute Gasteiger partial charge is 0.456 e. The molecule has 0 saturated heterocycles. The van der Waals surface area contributed by atoms with Gasteiger partial charge in [-0.05, 0) is 64.2 Å². The van der Waals surface area contributed by atoms with Crippen molar-refractivity contribution in [2.45, 2.75) is 5.41 Å². The Morgan fingerprint density at radius 3 is 1.56 bits per heavy atom. The summed E-state index contributed by atoms with van der Waals surface area (Å²) >= 11 is 0. The summed E-state index contributed by atoms with van der Waals surface area (Å²) in [6, 6.07) is 81.1. The van der Waals surface area contributed by atoms with Crippen LogP contribution in [0.1, 0.15) is 22.3 Å². The molecule has 0 aliphatic heterocycles. The second-order valence-corrected chi connectivity index (χ2v) is 15.9. The van der Waals surface area contributed by atoms with E-state index < -0.39 is 5.41 Å². The van der Waals surface area contributed by atoms with Crippen LogP contribution in [-0.2, 0) is 5.41 Å².